The van der Waals surface area contributed by atoms with Crippen LogP contribution in [0.15, 0.2) is 41.2 Å². The number of nitrogens with two attached hydrogens (primary N) is 1. The lowest BCUT2D eigenvalue weighted by Gasteiger charge is -2.28. The molecule has 0 radical (unpaired) electrons. The van der Waals surface area contributed by atoms with Crippen molar-refractivity contribution < 1.29 is 15.3 Å². The van der Waals surface area contributed by atoms with E-state index < -0.39 is 0 Å². The molecule has 8 heteroatoms. The van der Waals surface area contributed by atoms with Crippen molar-refractivity contribution in [1.29, 1.82) is 0 Å². The summed E-state index contributed by atoms with van der Waals surface area (Å²) < 4.78 is 0. The van der Waals surface area contributed by atoms with Gasteiger partial charge in [-0.1, -0.05) is 0 Å². The molecular weight excluding hydrogens is 360 g/mol. The Balaban J connectivity index is 1.62. The first-order chi connectivity index (χ1) is 13.4. The Hall–Kier alpha value is -3.52. The highest BCUT2D eigenvalue weighted by Crippen LogP contribution is 2.33. The molecule has 4 rings (SSSR count). The van der Waals surface area contributed by atoms with E-state index in [1.165, 1.54) is 6.07 Å². The summed E-state index contributed by atoms with van der Waals surface area (Å²) in [6, 6.07) is 9.56. The molecule has 0 saturated carbocycles. The Kier molecular flexibility index (Phi) is 4.40. The van der Waals surface area contributed by atoms with Crippen LogP contribution in [-0.2, 0) is 19.5 Å². The largest absolute Gasteiger partial charge is 0.507 e. The van der Waals surface area contributed by atoms with Crippen molar-refractivity contribution in [3.8, 4) is 28.6 Å². The number of phenolic OH excluding ortho intramolecular Hbond substituents is 3. The lowest BCUT2D eigenvalue weighted by atomic mass is 10.0. The zero-order valence-corrected chi connectivity index (χ0v) is 15.0. The number of aromatic hydroxyl groups is 3. The van der Waals surface area contributed by atoms with Crippen molar-refractivity contribution >= 4 is 5.69 Å². The molecule has 0 atom stereocenters. The average Bonchev–Trinajstić information content (AvgIpc) is 2.66. The first kappa shape index (κ1) is 17.9. The summed E-state index contributed by atoms with van der Waals surface area (Å²) in [5, 5.41) is 29.2. The molecule has 0 saturated heterocycles. The van der Waals surface area contributed by atoms with Gasteiger partial charge in [0, 0.05) is 48.1 Å². The summed E-state index contributed by atoms with van der Waals surface area (Å²) in [4.78, 5) is 22.0. The molecule has 0 amide bonds. The van der Waals surface area contributed by atoms with E-state index in [-0.39, 0.29) is 22.8 Å². The third-order valence-electron chi connectivity index (χ3n) is 4.91. The van der Waals surface area contributed by atoms with E-state index in [0.29, 0.717) is 54.4 Å². The molecule has 2 heterocycles. The van der Waals surface area contributed by atoms with Gasteiger partial charge in [-0.3, -0.25) is 9.69 Å². The van der Waals surface area contributed by atoms with E-state index in [9.17, 15) is 20.1 Å². The molecule has 0 unspecified atom stereocenters. The van der Waals surface area contributed by atoms with Gasteiger partial charge < -0.3 is 26.0 Å². The fourth-order valence-corrected chi connectivity index (χ4v) is 3.38. The molecule has 1 aliphatic heterocycles. The van der Waals surface area contributed by atoms with Crippen molar-refractivity contribution in [1.82, 2.24) is 14.9 Å². The van der Waals surface area contributed by atoms with Crippen LogP contribution >= 0.6 is 0 Å². The monoisotopic (exact) mass is 380 g/mol. The van der Waals surface area contributed by atoms with Crippen LogP contribution in [0.4, 0.5) is 5.69 Å². The number of hydrogen-bond donors (Lipinski definition) is 5. The molecule has 28 heavy (non-hydrogen) atoms. The Morgan fingerprint density at radius 3 is 2.54 bits per heavy atom. The van der Waals surface area contributed by atoms with Crippen LogP contribution < -0.4 is 11.3 Å². The standard InChI is InChI=1S/C20H20N4O4/c21-13-3-1-11(2-4-13)19-22-15-10-24(6-5-14(15)20(28)23-19)9-12-7-17(26)18(27)8-16(12)25/h1-4,7-8,25-27H,5-6,9-10,21H2,(H,22,23,28). The summed E-state index contributed by atoms with van der Waals surface area (Å²) in [5.41, 5.74) is 8.80. The Bertz CT molecular complexity index is 1090. The van der Waals surface area contributed by atoms with E-state index >= 15 is 0 Å². The average molecular weight is 380 g/mol. The number of aromatic amines is 1. The Labute approximate surface area is 160 Å². The highest BCUT2D eigenvalue weighted by molar-refractivity contribution is 5.58. The van der Waals surface area contributed by atoms with Crippen LogP contribution in [-0.4, -0.2) is 36.7 Å². The van der Waals surface area contributed by atoms with Gasteiger partial charge >= 0.3 is 0 Å². The zero-order valence-electron chi connectivity index (χ0n) is 15.0. The number of anilines is 1. The molecule has 6 N–H and O–H groups in total. The predicted octanol–water partition coefficient (Wildman–Crippen LogP) is 1.69. The third-order valence-corrected chi connectivity index (χ3v) is 4.91. The van der Waals surface area contributed by atoms with Crippen LogP contribution in [0.25, 0.3) is 11.4 Å². The molecule has 3 aromatic rings. The normalized spacial score (nSPS) is 14.0. The maximum absolute atomic E-state index is 12.5. The number of hydrogen-bond acceptors (Lipinski definition) is 7. The van der Waals surface area contributed by atoms with Crippen molar-refractivity contribution in [2.45, 2.75) is 19.5 Å². The number of rotatable bonds is 3. The highest BCUT2D eigenvalue weighted by atomic mass is 16.3. The lowest BCUT2D eigenvalue weighted by Crippen LogP contribution is -2.35. The minimum Gasteiger partial charge on any atom is -0.507 e. The quantitative estimate of drug-likeness (QED) is 0.265. The van der Waals surface area contributed by atoms with Gasteiger partial charge in [0.2, 0.25) is 0 Å². The second-order valence-electron chi connectivity index (χ2n) is 6.89. The van der Waals surface area contributed by atoms with Gasteiger partial charge in [-0.05, 0) is 36.8 Å². The first-order valence-electron chi connectivity index (χ1n) is 8.85. The van der Waals surface area contributed by atoms with Gasteiger partial charge in [0.25, 0.3) is 5.56 Å². The van der Waals surface area contributed by atoms with Gasteiger partial charge in [-0.15, -0.1) is 0 Å². The maximum Gasteiger partial charge on any atom is 0.254 e. The fraction of sp³-hybridized carbons (Fsp3) is 0.200. The zero-order chi connectivity index (χ0) is 19.8. The summed E-state index contributed by atoms with van der Waals surface area (Å²) >= 11 is 0. The van der Waals surface area contributed by atoms with E-state index in [1.54, 1.807) is 24.3 Å². The summed E-state index contributed by atoms with van der Waals surface area (Å²) in [7, 11) is 0. The van der Waals surface area contributed by atoms with Crippen LogP contribution in [0.3, 0.4) is 0 Å². The molecule has 8 nitrogen and oxygen atoms in total. The smallest absolute Gasteiger partial charge is 0.254 e. The third kappa shape index (κ3) is 3.37. The number of fused-ring (bicyclic) bond motifs is 1. The number of phenols is 3. The predicted molar refractivity (Wildman–Crippen MR) is 104 cm³/mol. The number of nitrogens with one attached hydrogen (secondary N) is 1. The molecule has 1 aliphatic rings. The number of benzene rings is 2. The molecule has 144 valence electrons. The number of aromatic nitrogens is 2. The fourth-order valence-electron chi connectivity index (χ4n) is 3.38. The molecule has 0 fully saturated rings. The molecular formula is C20H20N4O4. The van der Waals surface area contributed by atoms with Crippen LogP contribution in [0.5, 0.6) is 17.2 Å². The maximum atomic E-state index is 12.5. The van der Waals surface area contributed by atoms with E-state index in [4.69, 9.17) is 5.73 Å². The van der Waals surface area contributed by atoms with Gasteiger partial charge in [0.15, 0.2) is 11.5 Å². The minimum absolute atomic E-state index is 0.0949. The van der Waals surface area contributed by atoms with E-state index in [2.05, 4.69) is 9.97 Å². The van der Waals surface area contributed by atoms with Gasteiger partial charge in [0.1, 0.15) is 11.6 Å². The second-order valence-corrected chi connectivity index (χ2v) is 6.89. The number of nitrogens with zero attached hydrogens (tertiary/aromatic N) is 2. The topological polar surface area (TPSA) is 136 Å². The van der Waals surface area contributed by atoms with E-state index in [0.717, 1.165) is 11.6 Å². The van der Waals surface area contributed by atoms with Crippen LogP contribution in [0, 0.1) is 0 Å². The molecule has 1 aromatic heterocycles. The SMILES string of the molecule is Nc1ccc(-c2nc3c(c(=O)[nH]2)CCN(Cc2cc(O)c(O)cc2O)C3)cc1. The van der Waals surface area contributed by atoms with Crippen LogP contribution in [0.2, 0.25) is 0 Å². The van der Waals surface area contributed by atoms with Crippen molar-refractivity contribution in [2.75, 3.05) is 12.3 Å². The van der Waals surface area contributed by atoms with Gasteiger partial charge in [-0.25, -0.2) is 4.98 Å². The lowest BCUT2D eigenvalue weighted by molar-refractivity contribution is 0.237. The highest BCUT2D eigenvalue weighted by Gasteiger charge is 2.22. The van der Waals surface area contributed by atoms with Crippen molar-refractivity contribution in [2.24, 2.45) is 0 Å². The molecule has 0 aliphatic carbocycles. The second kappa shape index (κ2) is 6.90. The summed E-state index contributed by atoms with van der Waals surface area (Å²) in [6.45, 7) is 1.40. The number of H-pyrrole nitrogens is 1. The molecule has 0 bridgehead atoms. The van der Waals surface area contributed by atoms with E-state index in [1.807, 2.05) is 4.90 Å². The summed E-state index contributed by atoms with van der Waals surface area (Å²) in [5.74, 6) is -0.268. The first-order valence-corrected chi connectivity index (χ1v) is 8.85. The minimum atomic E-state index is -0.369. The molecule has 0 spiro atoms. The van der Waals surface area contributed by atoms with Crippen LogP contribution in [0.1, 0.15) is 16.8 Å². The Morgan fingerprint density at radius 1 is 1.07 bits per heavy atom. The molecule has 2 aromatic carbocycles. The van der Waals surface area contributed by atoms with Crippen molar-refractivity contribution in [3.63, 3.8) is 0 Å². The van der Waals surface area contributed by atoms with Crippen molar-refractivity contribution in [3.05, 3.63) is 63.6 Å². The van der Waals surface area contributed by atoms with Gasteiger partial charge in [0.05, 0.1) is 5.69 Å². The van der Waals surface area contributed by atoms with Gasteiger partial charge in [-0.2, -0.15) is 0 Å². The number of nitrogen functional groups attached to an aromatic ring is 1. The Morgan fingerprint density at radius 2 is 1.79 bits per heavy atom. The summed E-state index contributed by atoms with van der Waals surface area (Å²) in [6.07, 6.45) is 0.532.